The standard InChI is InChI=1S/C16H10N6O4/c23-21(24)9-1-3-11-13(7-9)19-15(17-11)5-6-16-18-12-4-2-10(22(25)26)8-14(12)20-16/h1-8H,(H,17,19)(H,18,20)/b6-5+. The van der Waals surface area contributed by atoms with Gasteiger partial charge in [-0.25, -0.2) is 9.97 Å². The van der Waals surface area contributed by atoms with E-state index in [9.17, 15) is 20.2 Å². The van der Waals surface area contributed by atoms with Crippen LogP contribution in [0.2, 0.25) is 0 Å². The SMILES string of the molecule is O=[N+]([O-])c1ccc2nc(/C=C/c3nc4ccc([N+](=O)[O-])cc4[nH]3)[nH]c2c1. The van der Waals surface area contributed by atoms with Gasteiger partial charge in [0.25, 0.3) is 11.4 Å². The zero-order valence-electron chi connectivity index (χ0n) is 13.0. The van der Waals surface area contributed by atoms with E-state index in [0.29, 0.717) is 33.7 Å². The van der Waals surface area contributed by atoms with Gasteiger partial charge in [0, 0.05) is 24.3 Å². The Hall–Kier alpha value is -4.08. The lowest BCUT2D eigenvalue weighted by molar-refractivity contribution is -0.384. The molecular weight excluding hydrogens is 340 g/mol. The van der Waals surface area contributed by atoms with E-state index in [0.717, 1.165) is 0 Å². The molecule has 4 aromatic rings. The van der Waals surface area contributed by atoms with Gasteiger partial charge in [-0.15, -0.1) is 0 Å². The van der Waals surface area contributed by atoms with Crippen molar-refractivity contribution in [3.8, 4) is 0 Å². The van der Waals surface area contributed by atoms with Gasteiger partial charge in [0.2, 0.25) is 0 Å². The highest BCUT2D eigenvalue weighted by molar-refractivity contribution is 5.82. The number of fused-ring (bicyclic) bond motifs is 2. The monoisotopic (exact) mass is 350 g/mol. The van der Waals surface area contributed by atoms with Crippen LogP contribution in [0.25, 0.3) is 34.2 Å². The van der Waals surface area contributed by atoms with E-state index in [1.165, 1.54) is 24.3 Å². The van der Waals surface area contributed by atoms with Gasteiger partial charge >= 0.3 is 0 Å². The first-order valence-electron chi connectivity index (χ1n) is 7.46. The quantitative estimate of drug-likeness (QED) is 0.426. The normalized spacial score (nSPS) is 11.5. The Kier molecular flexibility index (Phi) is 3.43. The smallest absolute Gasteiger partial charge is 0.271 e. The third-order valence-corrected chi connectivity index (χ3v) is 3.79. The third kappa shape index (κ3) is 2.75. The van der Waals surface area contributed by atoms with Crippen LogP contribution in [0.5, 0.6) is 0 Å². The second-order valence-corrected chi connectivity index (χ2v) is 5.49. The molecule has 0 spiro atoms. The largest absolute Gasteiger partial charge is 0.338 e. The molecule has 0 aliphatic heterocycles. The summed E-state index contributed by atoms with van der Waals surface area (Å²) < 4.78 is 0. The molecule has 0 aliphatic rings. The van der Waals surface area contributed by atoms with Crippen molar-refractivity contribution in [2.75, 3.05) is 0 Å². The first-order chi connectivity index (χ1) is 12.5. The summed E-state index contributed by atoms with van der Waals surface area (Å²) in [6.45, 7) is 0. The Bertz CT molecular complexity index is 1110. The van der Waals surface area contributed by atoms with Crippen LogP contribution >= 0.6 is 0 Å². The predicted molar refractivity (Wildman–Crippen MR) is 94.4 cm³/mol. The van der Waals surface area contributed by atoms with Crippen LogP contribution in [-0.2, 0) is 0 Å². The molecule has 10 nitrogen and oxygen atoms in total. The number of imidazole rings is 2. The highest BCUT2D eigenvalue weighted by Gasteiger charge is 2.10. The summed E-state index contributed by atoms with van der Waals surface area (Å²) in [4.78, 5) is 35.3. The van der Waals surface area contributed by atoms with Gasteiger partial charge in [0.1, 0.15) is 11.6 Å². The second-order valence-electron chi connectivity index (χ2n) is 5.49. The van der Waals surface area contributed by atoms with E-state index in [1.54, 1.807) is 24.3 Å². The highest BCUT2D eigenvalue weighted by Crippen LogP contribution is 2.21. The minimum Gasteiger partial charge on any atom is -0.338 e. The molecule has 0 aliphatic carbocycles. The molecule has 10 heteroatoms. The molecule has 2 aromatic carbocycles. The molecule has 4 rings (SSSR count). The summed E-state index contributed by atoms with van der Waals surface area (Å²) in [5.74, 6) is 1.01. The summed E-state index contributed by atoms with van der Waals surface area (Å²) in [5.41, 5.74) is 2.29. The molecule has 0 atom stereocenters. The number of non-ortho nitro benzene ring substituents is 2. The molecule has 0 saturated carbocycles. The Labute approximate surface area is 144 Å². The summed E-state index contributed by atoms with van der Waals surface area (Å²) in [6.07, 6.45) is 3.33. The fourth-order valence-electron chi connectivity index (χ4n) is 2.58. The minimum absolute atomic E-state index is 0.0180. The molecule has 0 bridgehead atoms. The fraction of sp³-hybridized carbons (Fsp3) is 0. The van der Waals surface area contributed by atoms with Crippen LogP contribution in [0.4, 0.5) is 11.4 Å². The van der Waals surface area contributed by atoms with Crippen LogP contribution < -0.4 is 0 Å². The number of nitro benzene ring substituents is 2. The van der Waals surface area contributed by atoms with Crippen molar-refractivity contribution in [2.45, 2.75) is 0 Å². The lowest BCUT2D eigenvalue weighted by atomic mass is 10.3. The number of H-pyrrole nitrogens is 2. The average Bonchev–Trinajstić information content (AvgIpc) is 3.21. The molecule has 26 heavy (non-hydrogen) atoms. The number of hydrogen-bond donors (Lipinski definition) is 2. The van der Waals surface area contributed by atoms with Crippen molar-refractivity contribution < 1.29 is 9.85 Å². The molecule has 2 N–H and O–H groups in total. The lowest BCUT2D eigenvalue weighted by Gasteiger charge is -1.89. The van der Waals surface area contributed by atoms with E-state index in [-0.39, 0.29) is 11.4 Å². The van der Waals surface area contributed by atoms with Gasteiger partial charge in [0.15, 0.2) is 0 Å². The summed E-state index contributed by atoms with van der Waals surface area (Å²) >= 11 is 0. The molecule has 0 saturated heterocycles. The maximum absolute atomic E-state index is 10.8. The number of aromatic nitrogens is 4. The number of benzene rings is 2. The fourth-order valence-corrected chi connectivity index (χ4v) is 2.58. The molecule has 0 radical (unpaired) electrons. The van der Waals surface area contributed by atoms with Crippen molar-refractivity contribution in [1.82, 2.24) is 19.9 Å². The number of nitrogens with zero attached hydrogens (tertiary/aromatic N) is 4. The molecule has 0 unspecified atom stereocenters. The van der Waals surface area contributed by atoms with Crippen molar-refractivity contribution in [3.05, 3.63) is 68.3 Å². The van der Waals surface area contributed by atoms with Crippen molar-refractivity contribution >= 4 is 45.6 Å². The number of aromatic amines is 2. The van der Waals surface area contributed by atoms with Crippen molar-refractivity contribution in [1.29, 1.82) is 0 Å². The van der Waals surface area contributed by atoms with Crippen molar-refractivity contribution in [3.63, 3.8) is 0 Å². The Balaban J connectivity index is 1.65. The minimum atomic E-state index is -0.469. The van der Waals surface area contributed by atoms with E-state index in [4.69, 9.17) is 0 Å². The summed E-state index contributed by atoms with van der Waals surface area (Å²) in [6, 6.07) is 8.76. The average molecular weight is 350 g/mol. The van der Waals surface area contributed by atoms with Gasteiger partial charge in [-0.1, -0.05) is 0 Å². The van der Waals surface area contributed by atoms with E-state index in [2.05, 4.69) is 19.9 Å². The Morgan fingerprint density at radius 2 is 1.19 bits per heavy atom. The van der Waals surface area contributed by atoms with Crippen LogP contribution in [0, 0.1) is 20.2 Å². The zero-order valence-corrected chi connectivity index (χ0v) is 13.0. The third-order valence-electron chi connectivity index (χ3n) is 3.79. The van der Waals surface area contributed by atoms with Crippen molar-refractivity contribution in [2.24, 2.45) is 0 Å². The van der Waals surface area contributed by atoms with E-state index >= 15 is 0 Å². The van der Waals surface area contributed by atoms with E-state index < -0.39 is 9.85 Å². The first-order valence-corrected chi connectivity index (χ1v) is 7.46. The molecule has 2 aromatic heterocycles. The Morgan fingerprint density at radius 1 is 0.769 bits per heavy atom. The van der Waals surface area contributed by atoms with Crippen LogP contribution in [0.3, 0.4) is 0 Å². The van der Waals surface area contributed by atoms with Crippen LogP contribution in [0.15, 0.2) is 36.4 Å². The first kappa shape index (κ1) is 15.4. The number of hydrogen-bond acceptors (Lipinski definition) is 6. The topological polar surface area (TPSA) is 144 Å². The summed E-state index contributed by atoms with van der Waals surface area (Å²) in [7, 11) is 0. The number of nitro groups is 2. The second kappa shape index (κ2) is 5.77. The Morgan fingerprint density at radius 3 is 1.58 bits per heavy atom. The molecular formula is C16H10N6O4. The zero-order chi connectivity index (χ0) is 18.3. The van der Waals surface area contributed by atoms with E-state index in [1.807, 2.05) is 0 Å². The van der Waals surface area contributed by atoms with Gasteiger partial charge in [-0.2, -0.15) is 0 Å². The van der Waals surface area contributed by atoms with Gasteiger partial charge in [-0.3, -0.25) is 20.2 Å². The number of rotatable bonds is 4. The maximum atomic E-state index is 10.8. The predicted octanol–water partition coefficient (Wildman–Crippen LogP) is 3.43. The lowest BCUT2D eigenvalue weighted by Crippen LogP contribution is -1.86. The highest BCUT2D eigenvalue weighted by atomic mass is 16.6. The molecule has 0 amide bonds. The maximum Gasteiger partial charge on any atom is 0.271 e. The van der Waals surface area contributed by atoms with Gasteiger partial charge in [0.05, 0.1) is 31.9 Å². The molecule has 128 valence electrons. The van der Waals surface area contributed by atoms with Gasteiger partial charge < -0.3 is 9.97 Å². The molecule has 0 fully saturated rings. The van der Waals surface area contributed by atoms with Gasteiger partial charge in [-0.05, 0) is 24.3 Å². The van der Waals surface area contributed by atoms with Crippen LogP contribution in [-0.4, -0.2) is 29.8 Å². The molecule has 2 heterocycles. The number of nitrogens with one attached hydrogen (secondary N) is 2. The van der Waals surface area contributed by atoms with Crippen LogP contribution in [0.1, 0.15) is 11.6 Å². The summed E-state index contributed by atoms with van der Waals surface area (Å²) in [5, 5.41) is 21.6.